The fraction of sp³-hybridized carbons (Fsp3) is 0.583. The average Bonchev–Trinajstić information content (AvgIpc) is 3.42. The van der Waals surface area contributed by atoms with E-state index in [-0.39, 0.29) is 11.9 Å². The molecule has 0 aliphatic carbocycles. The van der Waals surface area contributed by atoms with E-state index in [9.17, 15) is 9.59 Å². The maximum Gasteiger partial charge on any atom is 0.347 e. The Morgan fingerprint density at radius 3 is 1.79 bits per heavy atom. The quantitative estimate of drug-likeness (QED) is 0.280. The third kappa shape index (κ3) is 3.75. The highest BCUT2D eigenvalue weighted by Crippen LogP contribution is 2.75. The van der Waals surface area contributed by atoms with Crippen LogP contribution in [0.15, 0.2) is 41.0 Å². The Bertz CT molecular complexity index is 792. The van der Waals surface area contributed by atoms with E-state index in [0.717, 1.165) is 42.7 Å². The maximum atomic E-state index is 13.1. The van der Waals surface area contributed by atoms with Gasteiger partial charge in [0, 0.05) is 5.66 Å². The molecule has 4 rings (SSSR count). The summed E-state index contributed by atoms with van der Waals surface area (Å²) in [7, 11) is -1.32. The number of ether oxygens (including phenoxy) is 1. The molecule has 0 radical (unpaired) electrons. The van der Waals surface area contributed by atoms with Crippen LogP contribution in [0, 0.1) is 0 Å². The lowest BCUT2D eigenvalue weighted by atomic mass is 10.1. The third-order valence-electron chi connectivity index (χ3n) is 7.03. The highest BCUT2D eigenvalue weighted by molar-refractivity contribution is 7.69. The Kier molecular flexibility index (Phi) is 6.57. The van der Waals surface area contributed by atoms with E-state index in [2.05, 4.69) is 51.1 Å². The molecule has 1 aromatic carbocycles. The molecule has 3 nitrogen and oxygen atoms in total. The van der Waals surface area contributed by atoms with Gasteiger partial charge in [-0.25, -0.2) is 9.59 Å². The Hall–Kier alpha value is -1.04. The lowest BCUT2D eigenvalue weighted by Gasteiger charge is -2.29. The van der Waals surface area contributed by atoms with Gasteiger partial charge in [-0.2, -0.15) is 0 Å². The van der Waals surface area contributed by atoms with E-state index in [1.807, 2.05) is 0 Å². The van der Waals surface area contributed by atoms with Crippen LogP contribution >= 0.6 is 15.8 Å². The fourth-order valence-electron chi connectivity index (χ4n) is 5.58. The molecular formula is C24H32O3P2. The molecule has 0 saturated carbocycles. The second-order valence-corrected chi connectivity index (χ2v) is 13.8. The zero-order chi connectivity index (χ0) is 20.5. The number of esters is 2. The molecule has 0 N–H and O–H groups in total. The molecule has 3 aliphatic heterocycles. The first-order valence-electron chi connectivity index (χ1n) is 11.2. The molecule has 0 spiro atoms. The molecule has 3 heterocycles. The molecule has 156 valence electrons. The summed E-state index contributed by atoms with van der Waals surface area (Å²) in [6, 6.07) is 10.6. The number of cyclic esters (lactones) is 2. The first-order valence-corrected chi connectivity index (χ1v) is 14.2. The van der Waals surface area contributed by atoms with Gasteiger partial charge >= 0.3 is 11.9 Å². The van der Waals surface area contributed by atoms with Crippen molar-refractivity contribution in [2.75, 3.05) is 0 Å². The lowest BCUT2D eigenvalue weighted by molar-refractivity contribution is -0.150. The van der Waals surface area contributed by atoms with Crippen LogP contribution in [0.2, 0.25) is 0 Å². The van der Waals surface area contributed by atoms with Crippen LogP contribution in [-0.2, 0) is 14.3 Å². The first-order chi connectivity index (χ1) is 14.1. The molecule has 3 aliphatic rings. The number of benzene rings is 1. The van der Waals surface area contributed by atoms with Gasteiger partial charge in [-0.3, -0.25) is 0 Å². The molecular weight excluding hydrogens is 398 g/mol. The van der Waals surface area contributed by atoms with E-state index in [1.165, 1.54) is 18.4 Å². The smallest absolute Gasteiger partial charge is 0.347 e. The SMILES string of the molecule is CC[C@@H]1CC[C@@H](CC)P1C1=C(P2[C@H](CC)CC[C@H]2c2ccccc2)C(=O)OC1=O. The van der Waals surface area contributed by atoms with Crippen molar-refractivity contribution >= 4 is 27.8 Å². The van der Waals surface area contributed by atoms with Gasteiger partial charge in [0.15, 0.2) is 0 Å². The number of carbonyl (C=O) groups excluding carboxylic acids is 2. The molecule has 2 saturated heterocycles. The van der Waals surface area contributed by atoms with Gasteiger partial charge in [0.2, 0.25) is 0 Å². The van der Waals surface area contributed by atoms with Crippen LogP contribution in [0.1, 0.15) is 76.9 Å². The largest absolute Gasteiger partial charge is 0.386 e. The van der Waals surface area contributed by atoms with Crippen molar-refractivity contribution in [3.8, 4) is 0 Å². The van der Waals surface area contributed by atoms with E-state index in [4.69, 9.17) is 4.74 Å². The highest BCUT2D eigenvalue weighted by Gasteiger charge is 2.51. The summed E-state index contributed by atoms with van der Waals surface area (Å²) in [6.07, 6.45) is 7.90. The lowest BCUT2D eigenvalue weighted by Crippen LogP contribution is -2.10. The van der Waals surface area contributed by atoms with Gasteiger partial charge in [-0.1, -0.05) is 66.9 Å². The maximum absolute atomic E-state index is 13.1. The van der Waals surface area contributed by atoms with Crippen molar-refractivity contribution in [2.24, 2.45) is 0 Å². The van der Waals surface area contributed by atoms with Crippen LogP contribution in [-0.4, -0.2) is 28.9 Å². The monoisotopic (exact) mass is 430 g/mol. The summed E-state index contributed by atoms with van der Waals surface area (Å²) in [6.45, 7) is 6.71. The van der Waals surface area contributed by atoms with E-state index in [0.29, 0.717) is 22.6 Å². The standard InChI is InChI=1S/C24H32O3P2/c1-4-17-12-13-18(5-2)28(17)21-22(24(26)27-23(21)25)29-19(6-3)14-15-20(29)16-10-8-7-9-11-16/h7-11,17-20H,4-6,12-15H2,1-3H3/t17-,18-,19-,20+,29?/m1/s1. The summed E-state index contributed by atoms with van der Waals surface area (Å²) >= 11 is 0. The van der Waals surface area contributed by atoms with Crippen molar-refractivity contribution in [3.05, 3.63) is 46.5 Å². The van der Waals surface area contributed by atoms with Gasteiger partial charge in [0.25, 0.3) is 0 Å². The summed E-state index contributed by atoms with van der Waals surface area (Å²) < 4.78 is 5.35. The van der Waals surface area contributed by atoms with E-state index >= 15 is 0 Å². The summed E-state index contributed by atoms with van der Waals surface area (Å²) in [4.78, 5) is 26.1. The second kappa shape index (κ2) is 8.99. The highest BCUT2D eigenvalue weighted by atomic mass is 31.1. The van der Waals surface area contributed by atoms with Crippen molar-refractivity contribution < 1.29 is 14.3 Å². The molecule has 0 aromatic heterocycles. The van der Waals surface area contributed by atoms with Crippen molar-refractivity contribution in [1.82, 2.24) is 0 Å². The van der Waals surface area contributed by atoms with E-state index < -0.39 is 15.8 Å². The minimum absolute atomic E-state index is 0.300. The number of rotatable bonds is 6. The molecule has 1 unspecified atom stereocenters. The summed E-state index contributed by atoms with van der Waals surface area (Å²) in [5.41, 5.74) is 3.33. The van der Waals surface area contributed by atoms with Crippen LogP contribution in [0.4, 0.5) is 0 Å². The van der Waals surface area contributed by atoms with Crippen LogP contribution in [0.25, 0.3) is 0 Å². The minimum Gasteiger partial charge on any atom is -0.386 e. The number of hydrogen-bond acceptors (Lipinski definition) is 3. The van der Waals surface area contributed by atoms with Gasteiger partial charge in [-0.05, 0) is 67.5 Å². The second-order valence-electron chi connectivity index (χ2n) is 8.46. The Labute approximate surface area is 177 Å². The molecule has 5 heteroatoms. The van der Waals surface area contributed by atoms with Gasteiger partial charge in [-0.15, -0.1) is 0 Å². The zero-order valence-corrected chi connectivity index (χ0v) is 19.6. The predicted molar refractivity (Wildman–Crippen MR) is 122 cm³/mol. The van der Waals surface area contributed by atoms with Crippen LogP contribution < -0.4 is 0 Å². The van der Waals surface area contributed by atoms with Crippen LogP contribution in [0.3, 0.4) is 0 Å². The Morgan fingerprint density at radius 1 is 0.759 bits per heavy atom. The Morgan fingerprint density at radius 2 is 1.24 bits per heavy atom. The summed E-state index contributed by atoms with van der Waals surface area (Å²) in [5.74, 6) is -0.609. The zero-order valence-electron chi connectivity index (χ0n) is 17.8. The van der Waals surface area contributed by atoms with Crippen molar-refractivity contribution in [2.45, 2.75) is 88.4 Å². The predicted octanol–water partition coefficient (Wildman–Crippen LogP) is 6.91. The van der Waals surface area contributed by atoms with Gasteiger partial charge in [0.1, 0.15) is 0 Å². The molecule has 0 bridgehead atoms. The van der Waals surface area contributed by atoms with Gasteiger partial charge in [0.05, 0.1) is 10.6 Å². The number of carbonyl (C=O) groups is 2. The minimum atomic E-state index is -0.719. The van der Waals surface area contributed by atoms with Crippen molar-refractivity contribution in [3.63, 3.8) is 0 Å². The molecule has 1 aromatic rings. The Balaban J connectivity index is 1.83. The molecule has 29 heavy (non-hydrogen) atoms. The molecule has 0 amide bonds. The molecule has 5 atom stereocenters. The molecule has 2 fully saturated rings. The fourth-order valence-corrected chi connectivity index (χ4v) is 13.4. The normalized spacial score (nSPS) is 33.0. The first kappa shape index (κ1) is 21.2. The van der Waals surface area contributed by atoms with Gasteiger partial charge < -0.3 is 4.74 Å². The average molecular weight is 430 g/mol. The number of hydrogen-bond donors (Lipinski definition) is 0. The summed E-state index contributed by atoms with van der Waals surface area (Å²) in [5, 5.41) is 1.70. The van der Waals surface area contributed by atoms with E-state index in [1.54, 1.807) is 0 Å². The van der Waals surface area contributed by atoms with Crippen LogP contribution in [0.5, 0.6) is 0 Å². The van der Waals surface area contributed by atoms with Crippen molar-refractivity contribution in [1.29, 1.82) is 0 Å². The third-order valence-corrected chi connectivity index (χ3v) is 14.5. The topological polar surface area (TPSA) is 43.4 Å².